The Morgan fingerprint density at radius 2 is 2.25 bits per heavy atom. The molecule has 0 bridgehead atoms. The van der Waals surface area contributed by atoms with Crippen LogP contribution in [0.25, 0.3) is 0 Å². The van der Waals surface area contributed by atoms with E-state index in [1.165, 1.54) is 7.11 Å². The van der Waals surface area contributed by atoms with Gasteiger partial charge in [0.1, 0.15) is 7.11 Å². The highest BCUT2D eigenvalue weighted by molar-refractivity contribution is 6.33. The second-order valence-electron chi connectivity index (χ2n) is 2.39. The van der Waals surface area contributed by atoms with Crippen molar-refractivity contribution in [2.24, 2.45) is 5.16 Å². The van der Waals surface area contributed by atoms with E-state index >= 15 is 0 Å². The molecule has 3 heteroatoms. The summed E-state index contributed by atoms with van der Waals surface area (Å²) in [4.78, 5) is 4.57. The summed E-state index contributed by atoms with van der Waals surface area (Å²) in [7, 11) is 1.50. The molecule has 2 nitrogen and oxygen atoms in total. The third kappa shape index (κ3) is 1.98. The number of hydrogen-bond donors (Lipinski definition) is 0. The molecule has 0 unspecified atom stereocenters. The number of oxime groups is 1. The van der Waals surface area contributed by atoms with Crippen molar-refractivity contribution >= 4 is 17.8 Å². The predicted octanol–water partition coefficient (Wildman–Crippen LogP) is 2.63. The fourth-order valence-electron chi connectivity index (χ4n) is 0.914. The maximum atomic E-state index is 5.92. The molecule has 0 fully saturated rings. The molecule has 0 heterocycles. The largest absolute Gasteiger partial charge is 0.399 e. The molecule has 1 rings (SSSR count). The first-order valence-corrected chi connectivity index (χ1v) is 3.95. The van der Waals surface area contributed by atoms with Gasteiger partial charge in [-0.05, 0) is 18.6 Å². The molecule has 0 saturated heterocycles. The molecule has 64 valence electrons. The second-order valence-corrected chi connectivity index (χ2v) is 2.79. The lowest BCUT2D eigenvalue weighted by Crippen LogP contribution is -1.88. The molecule has 0 saturated carbocycles. The Labute approximate surface area is 76.8 Å². The third-order valence-electron chi connectivity index (χ3n) is 1.56. The molecule has 0 radical (unpaired) electrons. The summed E-state index contributed by atoms with van der Waals surface area (Å²) in [5, 5.41) is 4.34. The molecule has 12 heavy (non-hydrogen) atoms. The van der Waals surface area contributed by atoms with Crippen molar-refractivity contribution < 1.29 is 4.84 Å². The maximum absolute atomic E-state index is 5.92. The first kappa shape index (κ1) is 9.07. The SMILES string of the molecule is CO/N=C/c1c(C)cccc1Cl. The molecule has 0 spiro atoms. The molecule has 1 aromatic carbocycles. The van der Waals surface area contributed by atoms with Crippen LogP contribution >= 0.6 is 11.6 Å². The van der Waals surface area contributed by atoms with Gasteiger partial charge < -0.3 is 4.84 Å². The molecule has 0 aromatic heterocycles. The lowest BCUT2D eigenvalue weighted by atomic mass is 10.1. The first-order chi connectivity index (χ1) is 5.75. The van der Waals surface area contributed by atoms with Crippen LogP contribution < -0.4 is 0 Å². The van der Waals surface area contributed by atoms with Gasteiger partial charge in [-0.15, -0.1) is 0 Å². The topological polar surface area (TPSA) is 21.6 Å². The highest BCUT2D eigenvalue weighted by Crippen LogP contribution is 2.16. The summed E-state index contributed by atoms with van der Waals surface area (Å²) in [5.74, 6) is 0. The fraction of sp³-hybridized carbons (Fsp3) is 0.222. The standard InChI is InChI=1S/C9H10ClNO/c1-7-4-3-5-9(10)8(7)6-11-12-2/h3-6H,1-2H3/b11-6+. The summed E-state index contributed by atoms with van der Waals surface area (Å²) < 4.78 is 0. The smallest absolute Gasteiger partial charge is 0.106 e. The van der Waals surface area contributed by atoms with Crippen molar-refractivity contribution in [2.45, 2.75) is 6.92 Å². The number of rotatable bonds is 2. The van der Waals surface area contributed by atoms with Crippen LogP contribution in [0.3, 0.4) is 0 Å². The molecule has 0 aliphatic rings. The Kier molecular flexibility index (Phi) is 3.11. The van der Waals surface area contributed by atoms with E-state index in [1.807, 2.05) is 25.1 Å². The van der Waals surface area contributed by atoms with E-state index in [0.717, 1.165) is 11.1 Å². The van der Waals surface area contributed by atoms with E-state index in [-0.39, 0.29) is 0 Å². The molecule has 0 atom stereocenters. The van der Waals surface area contributed by atoms with Crippen LogP contribution in [-0.2, 0) is 4.84 Å². The highest BCUT2D eigenvalue weighted by Gasteiger charge is 1.99. The van der Waals surface area contributed by atoms with Crippen LogP contribution in [0, 0.1) is 6.92 Å². The minimum absolute atomic E-state index is 0.691. The van der Waals surface area contributed by atoms with Gasteiger partial charge in [0.05, 0.1) is 6.21 Å². The van der Waals surface area contributed by atoms with Gasteiger partial charge in [0.15, 0.2) is 0 Å². The Morgan fingerprint density at radius 3 is 2.83 bits per heavy atom. The van der Waals surface area contributed by atoms with Crippen molar-refractivity contribution in [2.75, 3.05) is 7.11 Å². The fourth-order valence-corrected chi connectivity index (χ4v) is 1.18. The molecule has 0 N–H and O–H groups in total. The molecular formula is C9H10ClNO. The monoisotopic (exact) mass is 183 g/mol. The zero-order valence-corrected chi connectivity index (χ0v) is 7.80. The maximum Gasteiger partial charge on any atom is 0.106 e. The van der Waals surface area contributed by atoms with Crippen molar-refractivity contribution in [1.82, 2.24) is 0 Å². The van der Waals surface area contributed by atoms with Gasteiger partial charge in [-0.25, -0.2) is 0 Å². The summed E-state index contributed by atoms with van der Waals surface area (Å²) >= 11 is 5.92. The average molecular weight is 184 g/mol. The van der Waals surface area contributed by atoms with Crippen molar-refractivity contribution in [3.63, 3.8) is 0 Å². The van der Waals surface area contributed by atoms with E-state index in [9.17, 15) is 0 Å². The Morgan fingerprint density at radius 1 is 1.50 bits per heavy atom. The van der Waals surface area contributed by atoms with Crippen LogP contribution in [0.2, 0.25) is 5.02 Å². The molecule has 0 aliphatic carbocycles. The van der Waals surface area contributed by atoms with Crippen LogP contribution in [0.1, 0.15) is 11.1 Å². The molecule has 1 aromatic rings. The average Bonchev–Trinajstić information content (AvgIpc) is 2.04. The highest BCUT2D eigenvalue weighted by atomic mass is 35.5. The lowest BCUT2D eigenvalue weighted by Gasteiger charge is -2.00. The van der Waals surface area contributed by atoms with Gasteiger partial charge in [-0.3, -0.25) is 0 Å². The minimum Gasteiger partial charge on any atom is -0.399 e. The summed E-state index contributed by atoms with van der Waals surface area (Å²) in [6.07, 6.45) is 1.61. The zero-order valence-electron chi connectivity index (χ0n) is 7.04. The Balaban J connectivity index is 3.04. The van der Waals surface area contributed by atoms with E-state index < -0.39 is 0 Å². The van der Waals surface area contributed by atoms with Crippen molar-refractivity contribution in [1.29, 1.82) is 0 Å². The molecular weight excluding hydrogens is 174 g/mol. The van der Waals surface area contributed by atoms with Gasteiger partial charge >= 0.3 is 0 Å². The van der Waals surface area contributed by atoms with Crippen molar-refractivity contribution in [3.05, 3.63) is 34.3 Å². The zero-order chi connectivity index (χ0) is 8.97. The van der Waals surface area contributed by atoms with E-state index in [1.54, 1.807) is 6.21 Å². The van der Waals surface area contributed by atoms with Crippen LogP contribution in [0.5, 0.6) is 0 Å². The summed E-state index contributed by atoms with van der Waals surface area (Å²) in [6.45, 7) is 1.98. The molecule has 0 aliphatic heterocycles. The number of halogens is 1. The van der Waals surface area contributed by atoms with E-state index in [2.05, 4.69) is 9.99 Å². The predicted molar refractivity (Wildman–Crippen MR) is 50.8 cm³/mol. The summed E-state index contributed by atoms with van der Waals surface area (Å²) in [6, 6.07) is 5.70. The van der Waals surface area contributed by atoms with Crippen molar-refractivity contribution in [3.8, 4) is 0 Å². The summed E-state index contributed by atoms with van der Waals surface area (Å²) in [5.41, 5.74) is 1.99. The van der Waals surface area contributed by atoms with Crippen LogP contribution in [0.4, 0.5) is 0 Å². The van der Waals surface area contributed by atoms with Gasteiger partial charge in [-0.2, -0.15) is 0 Å². The number of aryl methyl sites for hydroxylation is 1. The Hall–Kier alpha value is -1.02. The number of nitrogens with zero attached hydrogens (tertiary/aromatic N) is 1. The van der Waals surface area contributed by atoms with E-state index in [0.29, 0.717) is 5.02 Å². The van der Waals surface area contributed by atoms with E-state index in [4.69, 9.17) is 11.6 Å². The van der Waals surface area contributed by atoms with Gasteiger partial charge in [-0.1, -0.05) is 28.9 Å². The molecule has 0 amide bonds. The van der Waals surface area contributed by atoms with Gasteiger partial charge in [0.2, 0.25) is 0 Å². The minimum atomic E-state index is 0.691. The van der Waals surface area contributed by atoms with Crippen LogP contribution in [-0.4, -0.2) is 13.3 Å². The normalized spacial score (nSPS) is 10.6. The third-order valence-corrected chi connectivity index (χ3v) is 1.89. The number of benzene rings is 1. The Bertz CT molecular complexity index is 276. The lowest BCUT2D eigenvalue weighted by molar-refractivity contribution is 0.215. The first-order valence-electron chi connectivity index (χ1n) is 3.57. The van der Waals surface area contributed by atoms with Gasteiger partial charge in [0, 0.05) is 10.6 Å². The van der Waals surface area contributed by atoms with Crippen LogP contribution in [0.15, 0.2) is 23.4 Å². The quantitative estimate of drug-likeness (QED) is 0.510. The number of hydrogen-bond acceptors (Lipinski definition) is 2. The second kappa shape index (κ2) is 4.12. The van der Waals surface area contributed by atoms with Gasteiger partial charge in [0.25, 0.3) is 0 Å².